The Bertz CT molecular complexity index is 265. The Labute approximate surface area is 90.6 Å². The minimum atomic E-state index is -0.323. The number of hydrogen-bond acceptors (Lipinski definition) is 3. The minimum Gasteiger partial charge on any atom is -0.347 e. The van der Waals surface area contributed by atoms with Gasteiger partial charge in [0, 0.05) is 40.7 Å². The van der Waals surface area contributed by atoms with Crippen LogP contribution >= 0.6 is 0 Å². The van der Waals surface area contributed by atoms with Crippen molar-refractivity contribution in [2.75, 3.05) is 40.8 Å². The van der Waals surface area contributed by atoms with Gasteiger partial charge in [0.15, 0.2) is 0 Å². The molecule has 0 aromatic heterocycles. The molecule has 0 aromatic carbocycles. The predicted molar refractivity (Wildman–Crippen MR) is 57.4 cm³/mol. The van der Waals surface area contributed by atoms with Crippen LogP contribution in [0.4, 0.5) is 0 Å². The molecule has 1 atom stereocenters. The van der Waals surface area contributed by atoms with E-state index < -0.39 is 0 Å². The first-order valence-corrected chi connectivity index (χ1v) is 5.10. The Morgan fingerprint density at radius 3 is 2.33 bits per heavy atom. The van der Waals surface area contributed by atoms with Gasteiger partial charge < -0.3 is 14.7 Å². The number of hydrogen-bond donors (Lipinski definition) is 0. The summed E-state index contributed by atoms with van der Waals surface area (Å²) >= 11 is 0. The van der Waals surface area contributed by atoms with E-state index in [-0.39, 0.29) is 17.9 Å². The van der Waals surface area contributed by atoms with Gasteiger partial charge >= 0.3 is 0 Å². The fourth-order valence-corrected chi connectivity index (χ4v) is 1.81. The highest BCUT2D eigenvalue weighted by Crippen LogP contribution is 2.10. The molecule has 86 valence electrons. The molecule has 5 nitrogen and oxygen atoms in total. The molecule has 1 fully saturated rings. The fraction of sp³-hybridized carbons (Fsp3) is 0.800. The summed E-state index contributed by atoms with van der Waals surface area (Å²) in [6.45, 7) is 3.60. The van der Waals surface area contributed by atoms with E-state index in [1.807, 2.05) is 7.05 Å². The van der Waals surface area contributed by atoms with Gasteiger partial charge in [0.1, 0.15) is 6.04 Å². The Hall–Kier alpha value is -1.10. The highest BCUT2D eigenvalue weighted by Gasteiger charge is 2.33. The molecule has 0 radical (unpaired) electrons. The number of carbonyl (C=O) groups excluding carboxylic acids is 2. The number of rotatable bonds is 1. The highest BCUT2D eigenvalue weighted by atomic mass is 16.2. The summed E-state index contributed by atoms with van der Waals surface area (Å²) in [6.07, 6.45) is 0. The normalized spacial score (nSPS) is 22.7. The van der Waals surface area contributed by atoms with E-state index in [1.165, 1.54) is 6.92 Å². The molecular weight excluding hydrogens is 194 g/mol. The van der Waals surface area contributed by atoms with Crippen LogP contribution in [-0.2, 0) is 9.59 Å². The zero-order valence-electron chi connectivity index (χ0n) is 9.86. The molecule has 1 aliphatic rings. The van der Waals surface area contributed by atoms with E-state index in [0.717, 1.165) is 6.54 Å². The summed E-state index contributed by atoms with van der Waals surface area (Å²) in [4.78, 5) is 28.5. The van der Waals surface area contributed by atoms with Gasteiger partial charge in [-0.05, 0) is 7.05 Å². The Balaban J connectivity index is 2.79. The lowest BCUT2D eigenvalue weighted by Gasteiger charge is -2.39. The van der Waals surface area contributed by atoms with Gasteiger partial charge in [-0.1, -0.05) is 0 Å². The van der Waals surface area contributed by atoms with Crippen molar-refractivity contribution in [3.63, 3.8) is 0 Å². The molecule has 1 unspecified atom stereocenters. The van der Waals surface area contributed by atoms with E-state index >= 15 is 0 Å². The van der Waals surface area contributed by atoms with Gasteiger partial charge in [-0.2, -0.15) is 0 Å². The van der Waals surface area contributed by atoms with Crippen LogP contribution in [0.3, 0.4) is 0 Å². The number of likely N-dealkylation sites (N-methyl/N-ethyl adjacent to an activating group) is 2. The van der Waals surface area contributed by atoms with Crippen LogP contribution in [0.2, 0.25) is 0 Å². The van der Waals surface area contributed by atoms with E-state index in [0.29, 0.717) is 13.1 Å². The molecule has 1 aliphatic heterocycles. The van der Waals surface area contributed by atoms with Gasteiger partial charge in [0.2, 0.25) is 11.8 Å². The summed E-state index contributed by atoms with van der Waals surface area (Å²) in [5.74, 6) is -0.0277. The third-order valence-corrected chi connectivity index (χ3v) is 2.71. The van der Waals surface area contributed by atoms with Gasteiger partial charge in [0.25, 0.3) is 0 Å². The summed E-state index contributed by atoms with van der Waals surface area (Å²) in [5, 5.41) is 0. The Kier molecular flexibility index (Phi) is 3.68. The summed E-state index contributed by atoms with van der Waals surface area (Å²) in [7, 11) is 5.40. The third kappa shape index (κ3) is 2.68. The maximum Gasteiger partial charge on any atom is 0.246 e. The number of carbonyl (C=O) groups is 2. The Morgan fingerprint density at radius 1 is 1.27 bits per heavy atom. The second kappa shape index (κ2) is 4.61. The van der Waals surface area contributed by atoms with Crippen LogP contribution in [0, 0.1) is 0 Å². The standard InChI is InChI=1S/C10H19N3O2/c1-8(14)13-6-5-12(4)7-9(13)10(15)11(2)3/h9H,5-7H2,1-4H3. The van der Waals surface area contributed by atoms with Crippen molar-refractivity contribution in [1.29, 1.82) is 0 Å². The van der Waals surface area contributed by atoms with Crippen molar-refractivity contribution in [3.8, 4) is 0 Å². The minimum absolute atomic E-state index is 0.00301. The topological polar surface area (TPSA) is 43.9 Å². The largest absolute Gasteiger partial charge is 0.347 e. The van der Waals surface area contributed by atoms with Gasteiger partial charge in [-0.25, -0.2) is 0 Å². The predicted octanol–water partition coefficient (Wildman–Crippen LogP) is -0.763. The quantitative estimate of drug-likeness (QED) is 0.575. The SMILES string of the molecule is CC(=O)N1CCN(C)CC1C(=O)N(C)C. The van der Waals surface area contributed by atoms with Gasteiger partial charge in [-0.15, -0.1) is 0 Å². The fourth-order valence-electron chi connectivity index (χ4n) is 1.81. The third-order valence-electron chi connectivity index (χ3n) is 2.71. The molecule has 1 rings (SSSR count). The van der Waals surface area contributed by atoms with Gasteiger partial charge in [-0.3, -0.25) is 9.59 Å². The zero-order chi connectivity index (χ0) is 11.6. The van der Waals surface area contributed by atoms with Crippen molar-refractivity contribution in [1.82, 2.24) is 14.7 Å². The number of piperazine rings is 1. The lowest BCUT2D eigenvalue weighted by molar-refractivity contribution is -0.146. The first kappa shape index (κ1) is 12.0. The molecule has 0 saturated carbocycles. The smallest absolute Gasteiger partial charge is 0.246 e. The number of amides is 2. The molecule has 0 bridgehead atoms. The molecule has 1 heterocycles. The van der Waals surface area contributed by atoms with E-state index in [2.05, 4.69) is 4.90 Å². The van der Waals surface area contributed by atoms with Crippen LogP contribution in [0.15, 0.2) is 0 Å². The van der Waals surface area contributed by atoms with Crippen LogP contribution in [0.5, 0.6) is 0 Å². The van der Waals surface area contributed by atoms with E-state index in [4.69, 9.17) is 0 Å². The molecule has 0 spiro atoms. The molecule has 0 aromatic rings. The first-order chi connectivity index (χ1) is 6.93. The lowest BCUT2D eigenvalue weighted by atomic mass is 10.1. The molecule has 15 heavy (non-hydrogen) atoms. The van der Waals surface area contributed by atoms with E-state index in [1.54, 1.807) is 23.9 Å². The monoisotopic (exact) mass is 213 g/mol. The second-order valence-electron chi connectivity index (χ2n) is 4.22. The lowest BCUT2D eigenvalue weighted by Crippen LogP contribution is -2.59. The molecule has 1 saturated heterocycles. The summed E-state index contributed by atoms with van der Waals surface area (Å²) in [6, 6.07) is -0.323. The van der Waals surface area contributed by atoms with Crippen LogP contribution in [0.25, 0.3) is 0 Å². The molecule has 5 heteroatoms. The zero-order valence-corrected chi connectivity index (χ0v) is 9.86. The van der Waals surface area contributed by atoms with Crippen LogP contribution in [-0.4, -0.2) is 73.3 Å². The summed E-state index contributed by atoms with van der Waals surface area (Å²) < 4.78 is 0. The number of nitrogens with zero attached hydrogens (tertiary/aromatic N) is 3. The van der Waals surface area contributed by atoms with Gasteiger partial charge in [0.05, 0.1) is 0 Å². The summed E-state index contributed by atoms with van der Waals surface area (Å²) in [5.41, 5.74) is 0. The van der Waals surface area contributed by atoms with Crippen molar-refractivity contribution >= 4 is 11.8 Å². The average molecular weight is 213 g/mol. The van der Waals surface area contributed by atoms with Crippen molar-refractivity contribution in [2.24, 2.45) is 0 Å². The molecule has 2 amide bonds. The maximum absolute atomic E-state index is 11.9. The van der Waals surface area contributed by atoms with Crippen LogP contribution in [0.1, 0.15) is 6.92 Å². The van der Waals surface area contributed by atoms with E-state index in [9.17, 15) is 9.59 Å². The molecular formula is C10H19N3O2. The molecule has 0 N–H and O–H groups in total. The van der Waals surface area contributed by atoms with Crippen LogP contribution < -0.4 is 0 Å². The van der Waals surface area contributed by atoms with Crippen molar-refractivity contribution in [2.45, 2.75) is 13.0 Å². The van der Waals surface area contributed by atoms with Crippen molar-refractivity contribution < 1.29 is 9.59 Å². The Morgan fingerprint density at radius 2 is 1.87 bits per heavy atom. The second-order valence-corrected chi connectivity index (χ2v) is 4.22. The highest BCUT2D eigenvalue weighted by molar-refractivity contribution is 5.87. The first-order valence-electron chi connectivity index (χ1n) is 5.10. The average Bonchev–Trinajstić information content (AvgIpc) is 2.15. The van der Waals surface area contributed by atoms with Crippen molar-refractivity contribution in [3.05, 3.63) is 0 Å². The maximum atomic E-state index is 11.9. The molecule has 0 aliphatic carbocycles.